The largest absolute Gasteiger partial charge is 0.470 e. The zero-order valence-corrected chi connectivity index (χ0v) is 11.9. The molecule has 0 aliphatic heterocycles. The molecular formula is C11H16F3N3O4. The van der Waals surface area contributed by atoms with E-state index in [1.807, 2.05) is 0 Å². The molecule has 0 saturated heterocycles. The van der Waals surface area contributed by atoms with Gasteiger partial charge in [0.2, 0.25) is 5.89 Å². The molecule has 0 radical (unpaired) electrons. The summed E-state index contributed by atoms with van der Waals surface area (Å²) in [5.74, 6) is -2.15. The van der Waals surface area contributed by atoms with Crippen LogP contribution >= 0.6 is 0 Å². The second kappa shape index (κ2) is 5.51. The van der Waals surface area contributed by atoms with Gasteiger partial charge in [0.05, 0.1) is 6.61 Å². The van der Waals surface area contributed by atoms with Crippen molar-refractivity contribution in [3.63, 3.8) is 0 Å². The minimum atomic E-state index is -4.81. The first-order valence-electron chi connectivity index (χ1n) is 5.90. The molecule has 0 bridgehead atoms. The third-order valence-electron chi connectivity index (χ3n) is 2.23. The number of hydrogen-bond donors (Lipinski definition) is 2. The van der Waals surface area contributed by atoms with Gasteiger partial charge in [-0.15, -0.1) is 10.2 Å². The number of aliphatic hydroxyl groups is 1. The SMILES string of the molecule is CC(C)(C)OC(=O)NC(C)(CO)c1nnc(C(F)(F)F)o1. The van der Waals surface area contributed by atoms with Crippen molar-refractivity contribution in [2.45, 2.75) is 45.0 Å². The molecule has 1 rings (SSSR count). The van der Waals surface area contributed by atoms with Gasteiger partial charge >= 0.3 is 18.2 Å². The molecule has 7 nitrogen and oxygen atoms in total. The molecule has 0 saturated carbocycles. The number of aromatic nitrogens is 2. The summed E-state index contributed by atoms with van der Waals surface area (Å²) >= 11 is 0. The Kier molecular flexibility index (Phi) is 4.51. The molecule has 1 heterocycles. The van der Waals surface area contributed by atoms with Crippen LogP contribution in [0.5, 0.6) is 0 Å². The van der Waals surface area contributed by atoms with Crippen molar-refractivity contribution < 1.29 is 32.2 Å². The van der Waals surface area contributed by atoms with Crippen molar-refractivity contribution in [1.82, 2.24) is 15.5 Å². The zero-order valence-electron chi connectivity index (χ0n) is 11.9. The molecule has 10 heteroatoms. The monoisotopic (exact) mass is 311 g/mol. The Hall–Kier alpha value is -1.84. The molecule has 0 aromatic carbocycles. The first kappa shape index (κ1) is 17.2. The zero-order chi connectivity index (χ0) is 16.5. The van der Waals surface area contributed by atoms with Crippen LogP contribution in [0, 0.1) is 0 Å². The van der Waals surface area contributed by atoms with Gasteiger partial charge in [-0.3, -0.25) is 0 Å². The van der Waals surface area contributed by atoms with Crippen molar-refractivity contribution in [2.24, 2.45) is 0 Å². The Balaban J connectivity index is 2.94. The number of carbonyl (C=O) groups excluding carboxylic acids is 1. The number of hydrogen-bond acceptors (Lipinski definition) is 6. The third kappa shape index (κ3) is 4.59. The Morgan fingerprint density at radius 1 is 1.24 bits per heavy atom. The van der Waals surface area contributed by atoms with Gasteiger partial charge < -0.3 is 19.6 Å². The maximum Gasteiger partial charge on any atom is 0.470 e. The number of amides is 1. The van der Waals surface area contributed by atoms with Gasteiger partial charge in [-0.2, -0.15) is 13.2 Å². The van der Waals surface area contributed by atoms with E-state index in [0.717, 1.165) is 0 Å². The smallest absolute Gasteiger partial charge is 0.444 e. The molecular weight excluding hydrogens is 295 g/mol. The fraction of sp³-hybridized carbons (Fsp3) is 0.727. The van der Waals surface area contributed by atoms with Gasteiger partial charge in [0.15, 0.2) is 0 Å². The van der Waals surface area contributed by atoms with Gasteiger partial charge in [0.1, 0.15) is 11.1 Å². The van der Waals surface area contributed by atoms with Gasteiger partial charge in [-0.25, -0.2) is 4.79 Å². The highest BCUT2D eigenvalue weighted by atomic mass is 19.4. The van der Waals surface area contributed by atoms with Crippen molar-refractivity contribution >= 4 is 6.09 Å². The highest BCUT2D eigenvalue weighted by molar-refractivity contribution is 5.68. The molecule has 0 spiro atoms. The van der Waals surface area contributed by atoms with E-state index in [-0.39, 0.29) is 0 Å². The predicted octanol–water partition coefficient (Wildman–Crippen LogP) is 1.82. The van der Waals surface area contributed by atoms with E-state index in [0.29, 0.717) is 0 Å². The lowest BCUT2D eigenvalue weighted by atomic mass is 10.0. The number of ether oxygens (including phenoxy) is 1. The van der Waals surface area contributed by atoms with Crippen LogP contribution in [0.15, 0.2) is 4.42 Å². The minimum Gasteiger partial charge on any atom is -0.444 e. The second-order valence-electron chi connectivity index (χ2n) is 5.53. The second-order valence-corrected chi connectivity index (χ2v) is 5.53. The molecule has 0 fully saturated rings. The van der Waals surface area contributed by atoms with Crippen LogP contribution in [-0.4, -0.2) is 33.6 Å². The van der Waals surface area contributed by atoms with Crippen molar-refractivity contribution in [1.29, 1.82) is 0 Å². The van der Waals surface area contributed by atoms with Gasteiger partial charge in [-0.05, 0) is 27.7 Å². The molecule has 1 aromatic heterocycles. The first-order chi connectivity index (χ1) is 9.37. The molecule has 1 amide bonds. The Labute approximate surface area is 118 Å². The first-order valence-corrected chi connectivity index (χ1v) is 5.90. The van der Waals surface area contributed by atoms with E-state index in [9.17, 15) is 23.1 Å². The molecule has 0 aliphatic rings. The Bertz CT molecular complexity index is 510. The summed E-state index contributed by atoms with van der Waals surface area (Å²) in [5, 5.41) is 17.6. The molecule has 1 unspecified atom stereocenters. The summed E-state index contributed by atoms with van der Waals surface area (Å²) in [5.41, 5.74) is -2.51. The van der Waals surface area contributed by atoms with E-state index in [4.69, 9.17) is 4.74 Å². The topological polar surface area (TPSA) is 97.5 Å². The van der Waals surface area contributed by atoms with Gasteiger partial charge in [0.25, 0.3) is 0 Å². The quantitative estimate of drug-likeness (QED) is 0.883. The van der Waals surface area contributed by atoms with Crippen LogP contribution < -0.4 is 5.32 Å². The number of aliphatic hydroxyl groups excluding tert-OH is 1. The molecule has 120 valence electrons. The van der Waals surface area contributed by atoms with Gasteiger partial charge in [-0.1, -0.05) is 0 Å². The number of alkyl halides is 3. The highest BCUT2D eigenvalue weighted by Gasteiger charge is 2.42. The van der Waals surface area contributed by atoms with Crippen LogP contribution in [0.25, 0.3) is 0 Å². The Morgan fingerprint density at radius 3 is 2.14 bits per heavy atom. The lowest BCUT2D eigenvalue weighted by molar-refractivity contribution is -0.158. The molecule has 1 atom stereocenters. The summed E-state index contributed by atoms with van der Waals surface area (Å²) in [4.78, 5) is 11.7. The number of nitrogens with one attached hydrogen (secondary N) is 1. The van der Waals surface area contributed by atoms with Crippen molar-refractivity contribution in [2.75, 3.05) is 6.61 Å². The van der Waals surface area contributed by atoms with E-state index >= 15 is 0 Å². The van der Waals surface area contributed by atoms with E-state index in [1.54, 1.807) is 20.8 Å². The third-order valence-corrected chi connectivity index (χ3v) is 2.23. The lowest BCUT2D eigenvalue weighted by Crippen LogP contribution is -2.48. The molecule has 1 aromatic rings. The van der Waals surface area contributed by atoms with Crippen LogP contribution in [0.3, 0.4) is 0 Å². The Morgan fingerprint density at radius 2 is 1.76 bits per heavy atom. The summed E-state index contributed by atoms with van der Waals surface area (Å²) in [6, 6.07) is 0. The predicted molar refractivity (Wildman–Crippen MR) is 63.1 cm³/mol. The van der Waals surface area contributed by atoms with Crippen LogP contribution in [0.4, 0.5) is 18.0 Å². The fourth-order valence-electron chi connectivity index (χ4n) is 1.25. The number of carbonyl (C=O) groups is 1. The van der Waals surface area contributed by atoms with Crippen molar-refractivity contribution in [3.8, 4) is 0 Å². The summed E-state index contributed by atoms with van der Waals surface area (Å²) in [7, 11) is 0. The molecule has 21 heavy (non-hydrogen) atoms. The van der Waals surface area contributed by atoms with E-state index in [1.165, 1.54) is 6.92 Å². The van der Waals surface area contributed by atoms with E-state index in [2.05, 4.69) is 19.9 Å². The minimum absolute atomic E-state index is 0.580. The summed E-state index contributed by atoms with van der Waals surface area (Å²) < 4.78 is 46.6. The summed E-state index contributed by atoms with van der Waals surface area (Å²) in [6.45, 7) is 5.29. The molecule has 2 N–H and O–H groups in total. The lowest BCUT2D eigenvalue weighted by Gasteiger charge is -2.27. The van der Waals surface area contributed by atoms with Crippen LogP contribution in [0.1, 0.15) is 39.5 Å². The van der Waals surface area contributed by atoms with Crippen LogP contribution in [0.2, 0.25) is 0 Å². The normalized spacial score (nSPS) is 15.4. The number of halogens is 3. The number of rotatable bonds is 3. The number of nitrogens with zero attached hydrogens (tertiary/aromatic N) is 2. The average Bonchev–Trinajstić information content (AvgIpc) is 2.75. The maximum atomic E-state index is 12.4. The fourth-order valence-corrected chi connectivity index (χ4v) is 1.25. The standard InChI is InChI=1S/C11H16F3N3O4/c1-9(2,3)21-8(19)15-10(4,5-18)6-16-17-7(20-6)11(12,13)14/h18H,5H2,1-4H3,(H,15,19). The number of alkyl carbamates (subject to hydrolysis) is 1. The van der Waals surface area contributed by atoms with Gasteiger partial charge in [0, 0.05) is 0 Å². The van der Waals surface area contributed by atoms with Crippen LogP contribution in [-0.2, 0) is 16.5 Å². The molecule has 0 aliphatic carbocycles. The highest BCUT2D eigenvalue weighted by Crippen LogP contribution is 2.30. The van der Waals surface area contributed by atoms with Crippen molar-refractivity contribution in [3.05, 3.63) is 11.8 Å². The summed E-state index contributed by atoms with van der Waals surface area (Å²) in [6.07, 6.45) is -5.75. The average molecular weight is 311 g/mol. The maximum absolute atomic E-state index is 12.4. The van der Waals surface area contributed by atoms with E-state index < -0.39 is 41.8 Å².